The van der Waals surface area contributed by atoms with Crippen LogP contribution in [0.3, 0.4) is 0 Å². The SMILES string of the molecule is N[C@@H]1C[C@H](C(=O)NCCCOc2cccnc2)C[C@H]1O. The number of amides is 1. The van der Waals surface area contributed by atoms with Gasteiger partial charge in [-0.3, -0.25) is 9.78 Å². The summed E-state index contributed by atoms with van der Waals surface area (Å²) in [4.78, 5) is 15.8. The third-order valence-corrected chi connectivity index (χ3v) is 3.47. The molecule has 1 heterocycles. The van der Waals surface area contributed by atoms with Gasteiger partial charge < -0.3 is 20.9 Å². The fourth-order valence-corrected chi connectivity index (χ4v) is 2.31. The molecular formula is C14H21N3O3. The maximum Gasteiger partial charge on any atom is 0.223 e. The van der Waals surface area contributed by atoms with Crippen LogP contribution in [-0.4, -0.2) is 41.3 Å². The van der Waals surface area contributed by atoms with Crippen LogP contribution in [0, 0.1) is 5.92 Å². The van der Waals surface area contributed by atoms with Gasteiger partial charge >= 0.3 is 0 Å². The van der Waals surface area contributed by atoms with Crippen LogP contribution in [0.15, 0.2) is 24.5 Å². The Morgan fingerprint density at radius 3 is 3.05 bits per heavy atom. The van der Waals surface area contributed by atoms with Gasteiger partial charge in [0.1, 0.15) is 5.75 Å². The number of hydrogen-bond acceptors (Lipinski definition) is 5. The first-order valence-corrected chi connectivity index (χ1v) is 6.91. The normalized spacial score (nSPS) is 25.4. The number of hydrogen-bond donors (Lipinski definition) is 3. The summed E-state index contributed by atoms with van der Waals surface area (Å²) in [6.45, 7) is 1.08. The molecule has 4 N–H and O–H groups in total. The summed E-state index contributed by atoms with van der Waals surface area (Å²) >= 11 is 0. The molecule has 1 amide bonds. The second kappa shape index (κ2) is 7.21. The Labute approximate surface area is 118 Å². The van der Waals surface area contributed by atoms with E-state index in [9.17, 15) is 9.90 Å². The Morgan fingerprint density at radius 2 is 2.40 bits per heavy atom. The number of carbonyl (C=O) groups is 1. The van der Waals surface area contributed by atoms with Gasteiger partial charge in [-0.1, -0.05) is 0 Å². The van der Waals surface area contributed by atoms with E-state index in [-0.39, 0.29) is 17.9 Å². The van der Waals surface area contributed by atoms with Crippen molar-refractivity contribution in [1.29, 1.82) is 0 Å². The highest BCUT2D eigenvalue weighted by atomic mass is 16.5. The lowest BCUT2D eigenvalue weighted by Gasteiger charge is -2.10. The van der Waals surface area contributed by atoms with Gasteiger partial charge in [-0.15, -0.1) is 0 Å². The van der Waals surface area contributed by atoms with E-state index in [0.717, 1.165) is 12.2 Å². The molecular weight excluding hydrogens is 258 g/mol. The smallest absolute Gasteiger partial charge is 0.223 e. The summed E-state index contributed by atoms with van der Waals surface area (Å²) in [5.74, 6) is 0.529. The van der Waals surface area contributed by atoms with Crippen LogP contribution < -0.4 is 15.8 Å². The maximum absolute atomic E-state index is 11.8. The van der Waals surface area contributed by atoms with E-state index in [4.69, 9.17) is 10.5 Å². The van der Waals surface area contributed by atoms with Gasteiger partial charge in [0.25, 0.3) is 0 Å². The van der Waals surface area contributed by atoms with Crippen LogP contribution in [0.2, 0.25) is 0 Å². The lowest BCUT2D eigenvalue weighted by Crippen LogP contribution is -2.31. The molecule has 110 valence electrons. The topological polar surface area (TPSA) is 97.5 Å². The number of aliphatic hydroxyl groups is 1. The van der Waals surface area contributed by atoms with Gasteiger partial charge in [0.15, 0.2) is 0 Å². The lowest BCUT2D eigenvalue weighted by atomic mass is 10.1. The molecule has 1 aromatic heterocycles. The van der Waals surface area contributed by atoms with Gasteiger partial charge in [-0.2, -0.15) is 0 Å². The van der Waals surface area contributed by atoms with E-state index < -0.39 is 6.10 Å². The minimum atomic E-state index is -0.556. The van der Waals surface area contributed by atoms with Gasteiger partial charge in [-0.25, -0.2) is 0 Å². The first-order valence-electron chi connectivity index (χ1n) is 6.91. The quantitative estimate of drug-likeness (QED) is 0.640. The molecule has 6 nitrogen and oxygen atoms in total. The van der Waals surface area contributed by atoms with E-state index >= 15 is 0 Å². The first kappa shape index (κ1) is 14.7. The van der Waals surface area contributed by atoms with E-state index in [0.29, 0.717) is 26.0 Å². The van der Waals surface area contributed by atoms with Gasteiger partial charge in [0.2, 0.25) is 5.91 Å². The number of ether oxygens (including phenoxy) is 1. The Balaban J connectivity index is 1.58. The molecule has 3 atom stereocenters. The fourth-order valence-electron chi connectivity index (χ4n) is 2.31. The molecule has 0 radical (unpaired) electrons. The largest absolute Gasteiger partial charge is 0.492 e. The molecule has 6 heteroatoms. The fraction of sp³-hybridized carbons (Fsp3) is 0.571. The molecule has 0 aromatic carbocycles. The number of carbonyl (C=O) groups excluding carboxylic acids is 1. The number of nitrogens with zero attached hydrogens (tertiary/aromatic N) is 1. The molecule has 1 fully saturated rings. The van der Waals surface area contributed by atoms with Crippen molar-refractivity contribution in [3.8, 4) is 5.75 Å². The van der Waals surface area contributed by atoms with E-state index in [1.165, 1.54) is 0 Å². The third kappa shape index (κ3) is 4.18. The standard InChI is InChI=1S/C14H21N3O3/c15-12-7-10(8-13(12)18)14(19)17-5-2-6-20-11-3-1-4-16-9-11/h1,3-4,9-10,12-13,18H,2,5-8,15H2,(H,17,19)/t10-,12+,13+/m0/s1. The van der Waals surface area contributed by atoms with E-state index in [1.807, 2.05) is 12.1 Å². The van der Waals surface area contributed by atoms with Crippen molar-refractivity contribution < 1.29 is 14.6 Å². The second-order valence-corrected chi connectivity index (χ2v) is 5.08. The van der Waals surface area contributed by atoms with Crippen molar-refractivity contribution in [3.05, 3.63) is 24.5 Å². The van der Waals surface area contributed by atoms with Gasteiger partial charge in [0.05, 0.1) is 18.9 Å². The Morgan fingerprint density at radius 1 is 1.55 bits per heavy atom. The van der Waals surface area contributed by atoms with Crippen LogP contribution in [0.25, 0.3) is 0 Å². The van der Waals surface area contributed by atoms with Crippen molar-refractivity contribution in [2.45, 2.75) is 31.4 Å². The van der Waals surface area contributed by atoms with Crippen LogP contribution in [0.4, 0.5) is 0 Å². The average Bonchev–Trinajstić information content (AvgIpc) is 2.79. The average molecular weight is 279 g/mol. The zero-order chi connectivity index (χ0) is 14.4. The first-order chi connectivity index (χ1) is 9.66. The highest BCUT2D eigenvalue weighted by Crippen LogP contribution is 2.24. The zero-order valence-corrected chi connectivity index (χ0v) is 11.4. The molecule has 0 spiro atoms. The Bertz CT molecular complexity index is 417. The molecule has 1 saturated carbocycles. The molecule has 0 saturated heterocycles. The zero-order valence-electron chi connectivity index (χ0n) is 11.4. The maximum atomic E-state index is 11.8. The molecule has 20 heavy (non-hydrogen) atoms. The molecule has 0 bridgehead atoms. The minimum absolute atomic E-state index is 0.0293. The van der Waals surface area contributed by atoms with Crippen LogP contribution in [0.1, 0.15) is 19.3 Å². The van der Waals surface area contributed by atoms with Crippen molar-refractivity contribution in [1.82, 2.24) is 10.3 Å². The second-order valence-electron chi connectivity index (χ2n) is 5.08. The predicted octanol–water partition coefficient (Wildman–Crippen LogP) is 0.0649. The number of aliphatic hydroxyl groups excluding tert-OH is 1. The predicted molar refractivity (Wildman–Crippen MR) is 74.1 cm³/mol. The monoisotopic (exact) mass is 279 g/mol. The molecule has 2 rings (SSSR count). The third-order valence-electron chi connectivity index (χ3n) is 3.47. The highest BCUT2D eigenvalue weighted by molar-refractivity contribution is 5.79. The highest BCUT2D eigenvalue weighted by Gasteiger charge is 2.34. The van der Waals surface area contributed by atoms with Crippen molar-refractivity contribution in [3.63, 3.8) is 0 Å². The molecule has 0 unspecified atom stereocenters. The number of pyridine rings is 1. The number of aromatic nitrogens is 1. The summed E-state index contributed by atoms with van der Waals surface area (Å²) < 4.78 is 5.47. The van der Waals surface area contributed by atoms with E-state index in [1.54, 1.807) is 12.4 Å². The van der Waals surface area contributed by atoms with Crippen molar-refractivity contribution in [2.75, 3.05) is 13.2 Å². The summed E-state index contributed by atoms with van der Waals surface area (Å²) in [7, 11) is 0. The number of nitrogens with one attached hydrogen (secondary N) is 1. The summed E-state index contributed by atoms with van der Waals surface area (Å²) in [6, 6.07) is 3.37. The van der Waals surface area contributed by atoms with Crippen molar-refractivity contribution in [2.24, 2.45) is 11.7 Å². The number of nitrogens with two attached hydrogens (primary N) is 1. The molecule has 1 aliphatic carbocycles. The van der Waals surface area contributed by atoms with E-state index in [2.05, 4.69) is 10.3 Å². The summed E-state index contributed by atoms with van der Waals surface area (Å²) in [5.41, 5.74) is 5.69. The molecule has 0 aliphatic heterocycles. The minimum Gasteiger partial charge on any atom is -0.492 e. The summed E-state index contributed by atoms with van der Waals surface area (Å²) in [5, 5.41) is 12.4. The molecule has 1 aromatic rings. The van der Waals surface area contributed by atoms with Crippen LogP contribution in [-0.2, 0) is 4.79 Å². The number of rotatable bonds is 6. The lowest BCUT2D eigenvalue weighted by molar-refractivity contribution is -0.125. The van der Waals surface area contributed by atoms with Gasteiger partial charge in [0, 0.05) is 24.7 Å². The van der Waals surface area contributed by atoms with Crippen LogP contribution >= 0.6 is 0 Å². The Hall–Kier alpha value is -1.66. The Kier molecular flexibility index (Phi) is 5.31. The van der Waals surface area contributed by atoms with Crippen molar-refractivity contribution >= 4 is 5.91 Å². The van der Waals surface area contributed by atoms with Crippen LogP contribution in [0.5, 0.6) is 5.75 Å². The van der Waals surface area contributed by atoms with Gasteiger partial charge in [-0.05, 0) is 31.4 Å². The summed E-state index contributed by atoms with van der Waals surface area (Å²) in [6.07, 6.45) is 4.52. The molecule has 1 aliphatic rings.